The van der Waals surface area contributed by atoms with Gasteiger partial charge in [0, 0.05) is 25.1 Å². The molecule has 106 valence electrons. The third kappa shape index (κ3) is 4.25. The second-order valence-electron chi connectivity index (χ2n) is 4.03. The lowest BCUT2D eigenvalue weighted by Gasteiger charge is -2.13. The van der Waals surface area contributed by atoms with Crippen LogP contribution in [0.4, 0.5) is 4.79 Å². The topological polar surface area (TPSA) is 125 Å². The molecule has 1 aromatic heterocycles. The van der Waals surface area contributed by atoms with Gasteiger partial charge in [0.05, 0.1) is 5.69 Å². The summed E-state index contributed by atoms with van der Waals surface area (Å²) in [5.41, 5.74) is 1.42. The van der Waals surface area contributed by atoms with Gasteiger partial charge in [0.25, 0.3) is 0 Å². The molecule has 0 aliphatic heterocycles. The molecule has 0 radical (unpaired) electrons. The Kier molecular flexibility index (Phi) is 5.31. The van der Waals surface area contributed by atoms with Crippen LogP contribution < -0.4 is 10.6 Å². The molecular formula is C11H17N3O5. The molecule has 19 heavy (non-hydrogen) atoms. The van der Waals surface area contributed by atoms with Crippen molar-refractivity contribution in [2.75, 3.05) is 6.61 Å². The minimum Gasteiger partial charge on any atom is -0.480 e. The summed E-state index contributed by atoms with van der Waals surface area (Å²) in [6, 6.07) is -1.74. The van der Waals surface area contributed by atoms with Crippen molar-refractivity contribution < 1.29 is 24.3 Å². The molecule has 0 bridgehead atoms. The number of urea groups is 1. The first-order valence-corrected chi connectivity index (χ1v) is 5.75. The van der Waals surface area contributed by atoms with E-state index in [1.807, 2.05) is 0 Å². The summed E-state index contributed by atoms with van der Waals surface area (Å²) in [6.45, 7) is 3.34. The van der Waals surface area contributed by atoms with E-state index in [4.69, 9.17) is 14.7 Å². The Labute approximate surface area is 109 Å². The molecular weight excluding hydrogens is 254 g/mol. The van der Waals surface area contributed by atoms with Crippen LogP contribution in [0.5, 0.6) is 0 Å². The Hall–Kier alpha value is -2.09. The zero-order valence-electron chi connectivity index (χ0n) is 10.8. The number of rotatable bonds is 6. The van der Waals surface area contributed by atoms with Gasteiger partial charge in [-0.15, -0.1) is 0 Å². The van der Waals surface area contributed by atoms with Crippen molar-refractivity contribution in [2.45, 2.75) is 32.9 Å². The van der Waals surface area contributed by atoms with Gasteiger partial charge >= 0.3 is 12.0 Å². The van der Waals surface area contributed by atoms with Gasteiger partial charge in [-0.05, 0) is 13.8 Å². The van der Waals surface area contributed by atoms with Crippen molar-refractivity contribution in [3.8, 4) is 0 Å². The zero-order chi connectivity index (χ0) is 14.4. The van der Waals surface area contributed by atoms with E-state index in [0.717, 1.165) is 5.56 Å². The molecule has 1 unspecified atom stereocenters. The summed E-state index contributed by atoms with van der Waals surface area (Å²) >= 11 is 0. The van der Waals surface area contributed by atoms with Crippen LogP contribution in [0.3, 0.4) is 0 Å². The monoisotopic (exact) mass is 271 g/mol. The zero-order valence-corrected chi connectivity index (χ0v) is 10.8. The van der Waals surface area contributed by atoms with Crippen LogP contribution in [0, 0.1) is 13.8 Å². The second-order valence-corrected chi connectivity index (χ2v) is 4.03. The van der Waals surface area contributed by atoms with Crippen LogP contribution in [-0.2, 0) is 11.3 Å². The van der Waals surface area contributed by atoms with Crippen LogP contribution in [0.2, 0.25) is 0 Å². The van der Waals surface area contributed by atoms with Gasteiger partial charge in [0.1, 0.15) is 11.8 Å². The predicted molar refractivity (Wildman–Crippen MR) is 64.5 cm³/mol. The second kappa shape index (κ2) is 6.74. The van der Waals surface area contributed by atoms with Crippen molar-refractivity contribution in [1.82, 2.24) is 15.8 Å². The quantitative estimate of drug-likeness (QED) is 0.574. The maximum atomic E-state index is 11.5. The van der Waals surface area contributed by atoms with E-state index in [1.54, 1.807) is 13.8 Å². The van der Waals surface area contributed by atoms with Gasteiger partial charge < -0.3 is 25.4 Å². The summed E-state index contributed by atoms with van der Waals surface area (Å²) < 4.78 is 4.94. The normalized spacial score (nSPS) is 11.9. The summed E-state index contributed by atoms with van der Waals surface area (Å²) in [5, 5.41) is 26.0. The molecule has 4 N–H and O–H groups in total. The highest BCUT2D eigenvalue weighted by atomic mass is 16.5. The van der Waals surface area contributed by atoms with Gasteiger partial charge in [-0.25, -0.2) is 9.59 Å². The molecule has 8 nitrogen and oxygen atoms in total. The third-order valence-electron chi connectivity index (χ3n) is 2.63. The summed E-state index contributed by atoms with van der Waals surface area (Å²) in [5.74, 6) is -0.593. The first kappa shape index (κ1) is 15.0. The number of carbonyl (C=O) groups excluding carboxylic acids is 1. The third-order valence-corrected chi connectivity index (χ3v) is 2.63. The predicted octanol–water partition coefficient (Wildman–Crippen LogP) is -0.0738. The largest absolute Gasteiger partial charge is 0.480 e. The van der Waals surface area contributed by atoms with Crippen LogP contribution in [0.15, 0.2) is 4.52 Å². The molecule has 1 rings (SSSR count). The fraction of sp³-hybridized carbons (Fsp3) is 0.545. The number of hydrogen-bond donors (Lipinski definition) is 4. The number of aryl methyl sites for hydroxylation is 2. The molecule has 0 fully saturated rings. The van der Waals surface area contributed by atoms with E-state index in [1.165, 1.54) is 0 Å². The SMILES string of the molecule is Cc1noc(C)c1CNC(=O)NC(CCO)C(=O)O. The minimum atomic E-state index is -1.19. The summed E-state index contributed by atoms with van der Waals surface area (Å²) in [4.78, 5) is 22.3. The number of aliphatic hydroxyl groups is 1. The minimum absolute atomic E-state index is 0.0475. The van der Waals surface area contributed by atoms with Gasteiger partial charge in [-0.1, -0.05) is 5.16 Å². The van der Waals surface area contributed by atoms with Gasteiger partial charge in [-0.2, -0.15) is 0 Å². The first-order chi connectivity index (χ1) is 8.95. The fourth-order valence-electron chi connectivity index (χ4n) is 1.52. The lowest BCUT2D eigenvalue weighted by molar-refractivity contribution is -0.139. The molecule has 0 saturated carbocycles. The highest BCUT2D eigenvalue weighted by Gasteiger charge is 2.19. The van der Waals surface area contributed by atoms with Crippen LogP contribution in [0.1, 0.15) is 23.4 Å². The van der Waals surface area contributed by atoms with Crippen LogP contribution in [-0.4, -0.2) is 40.0 Å². The van der Waals surface area contributed by atoms with Crippen LogP contribution in [0.25, 0.3) is 0 Å². The number of aliphatic carboxylic acids is 1. The van der Waals surface area contributed by atoms with E-state index in [-0.39, 0.29) is 19.6 Å². The number of aliphatic hydroxyl groups excluding tert-OH is 1. The maximum absolute atomic E-state index is 11.5. The Morgan fingerprint density at radius 3 is 2.58 bits per heavy atom. The molecule has 0 aromatic carbocycles. The smallest absolute Gasteiger partial charge is 0.326 e. The van der Waals surface area contributed by atoms with Gasteiger partial charge in [0.2, 0.25) is 0 Å². The molecule has 0 aliphatic carbocycles. The lowest BCUT2D eigenvalue weighted by Crippen LogP contribution is -2.46. The van der Waals surface area contributed by atoms with Crippen molar-refractivity contribution >= 4 is 12.0 Å². The van der Waals surface area contributed by atoms with Gasteiger partial charge in [0.15, 0.2) is 0 Å². The van der Waals surface area contributed by atoms with E-state index in [0.29, 0.717) is 11.5 Å². The average Bonchev–Trinajstić information content (AvgIpc) is 2.66. The number of carboxylic acids is 1. The van der Waals surface area contributed by atoms with E-state index >= 15 is 0 Å². The number of aromatic nitrogens is 1. The fourth-order valence-corrected chi connectivity index (χ4v) is 1.52. The summed E-state index contributed by atoms with van der Waals surface area (Å²) in [7, 11) is 0. The van der Waals surface area contributed by atoms with Gasteiger partial charge in [-0.3, -0.25) is 0 Å². The van der Waals surface area contributed by atoms with E-state index in [2.05, 4.69) is 15.8 Å². The molecule has 1 atom stereocenters. The molecule has 0 saturated heterocycles. The van der Waals surface area contributed by atoms with Crippen LogP contribution >= 0.6 is 0 Å². The Morgan fingerprint density at radius 1 is 1.42 bits per heavy atom. The maximum Gasteiger partial charge on any atom is 0.326 e. The number of carboxylic acid groups (broad SMARTS) is 1. The number of carbonyl (C=O) groups is 2. The number of nitrogens with zero attached hydrogens (tertiary/aromatic N) is 1. The molecule has 0 aliphatic rings. The number of amides is 2. The van der Waals surface area contributed by atoms with Crippen molar-refractivity contribution in [2.24, 2.45) is 0 Å². The number of nitrogens with one attached hydrogen (secondary N) is 2. The highest BCUT2D eigenvalue weighted by molar-refractivity contribution is 5.82. The molecule has 1 heterocycles. The first-order valence-electron chi connectivity index (χ1n) is 5.75. The number of hydrogen-bond acceptors (Lipinski definition) is 5. The average molecular weight is 271 g/mol. The molecule has 8 heteroatoms. The summed E-state index contributed by atoms with van der Waals surface area (Å²) in [6.07, 6.45) is -0.0475. The van der Waals surface area contributed by atoms with E-state index < -0.39 is 18.0 Å². The van der Waals surface area contributed by atoms with Crippen molar-refractivity contribution in [1.29, 1.82) is 0 Å². The van der Waals surface area contributed by atoms with Crippen molar-refractivity contribution in [3.63, 3.8) is 0 Å². The molecule has 2 amide bonds. The molecule has 0 spiro atoms. The highest BCUT2D eigenvalue weighted by Crippen LogP contribution is 2.11. The Balaban J connectivity index is 2.49. The molecule has 1 aromatic rings. The standard InChI is InChI=1S/C11H17N3O5/c1-6-8(7(2)19-14-6)5-12-11(18)13-9(3-4-15)10(16)17/h9,15H,3-5H2,1-2H3,(H,16,17)(H2,12,13,18). The Morgan fingerprint density at radius 2 is 2.11 bits per heavy atom. The van der Waals surface area contributed by atoms with E-state index in [9.17, 15) is 9.59 Å². The van der Waals surface area contributed by atoms with Crippen molar-refractivity contribution in [3.05, 3.63) is 17.0 Å². The lowest BCUT2D eigenvalue weighted by atomic mass is 10.2. The Bertz CT molecular complexity index is 438.